The second-order valence-electron chi connectivity index (χ2n) is 1.22. The fourth-order valence-electron chi connectivity index (χ4n) is 0.228. The van der Waals surface area contributed by atoms with Gasteiger partial charge in [-0.15, -0.1) is 0 Å². The molecule has 0 spiro atoms. The SMILES string of the molecule is CCCCSN.S. The van der Waals surface area contributed by atoms with Crippen molar-refractivity contribution in [2.24, 2.45) is 5.14 Å². The van der Waals surface area contributed by atoms with Crippen LogP contribution in [0, 0.1) is 0 Å². The first-order valence-electron chi connectivity index (χ1n) is 2.23. The van der Waals surface area contributed by atoms with Crippen molar-refractivity contribution in [2.75, 3.05) is 5.75 Å². The summed E-state index contributed by atoms with van der Waals surface area (Å²) in [6, 6.07) is 0. The van der Waals surface area contributed by atoms with Gasteiger partial charge >= 0.3 is 0 Å². The molecule has 0 heterocycles. The number of unbranched alkanes of at least 4 members (excludes halogenated alkanes) is 1. The monoisotopic (exact) mass is 139 g/mol. The number of nitrogens with two attached hydrogens (primary N) is 1. The smallest absolute Gasteiger partial charge is 0.00763 e. The average Bonchev–Trinajstić information content (AvgIpc) is 1.61. The van der Waals surface area contributed by atoms with Crippen LogP contribution in [0.25, 0.3) is 0 Å². The van der Waals surface area contributed by atoms with Crippen LogP contribution in [0.15, 0.2) is 0 Å². The molecule has 0 aliphatic rings. The molecule has 0 saturated heterocycles. The maximum Gasteiger partial charge on any atom is 0.00763 e. The van der Waals surface area contributed by atoms with Gasteiger partial charge in [0.1, 0.15) is 0 Å². The van der Waals surface area contributed by atoms with Gasteiger partial charge in [0.05, 0.1) is 0 Å². The Hall–Kier alpha value is 0.660. The van der Waals surface area contributed by atoms with E-state index in [4.69, 9.17) is 5.14 Å². The molecule has 0 amide bonds. The van der Waals surface area contributed by atoms with Crippen molar-refractivity contribution in [1.82, 2.24) is 0 Å². The first kappa shape index (κ1) is 10.6. The molecule has 2 N–H and O–H groups in total. The highest BCUT2D eigenvalue weighted by Gasteiger charge is 1.75. The van der Waals surface area contributed by atoms with Gasteiger partial charge in [-0.25, -0.2) is 0 Å². The molecule has 0 aromatic carbocycles. The summed E-state index contributed by atoms with van der Waals surface area (Å²) in [4.78, 5) is 0. The van der Waals surface area contributed by atoms with E-state index in [0.717, 1.165) is 5.75 Å². The standard InChI is InChI=1S/C4H11NS.H2S/c1-2-3-4-6-5;/h2-5H2,1H3;1H2. The molecule has 0 aromatic rings. The molecule has 7 heavy (non-hydrogen) atoms. The summed E-state index contributed by atoms with van der Waals surface area (Å²) in [5, 5.41) is 5.13. The third-order valence-corrected chi connectivity index (χ3v) is 1.14. The number of hydrogen-bond acceptors (Lipinski definition) is 2. The van der Waals surface area contributed by atoms with Gasteiger partial charge in [0.25, 0.3) is 0 Å². The summed E-state index contributed by atoms with van der Waals surface area (Å²) in [7, 11) is 0. The lowest BCUT2D eigenvalue weighted by atomic mass is 10.4. The van der Waals surface area contributed by atoms with Crippen LogP contribution in [0.3, 0.4) is 0 Å². The molecule has 1 nitrogen and oxygen atoms in total. The Morgan fingerprint density at radius 1 is 1.57 bits per heavy atom. The predicted octanol–water partition coefficient (Wildman–Crippen LogP) is 1.51. The van der Waals surface area contributed by atoms with Crippen LogP contribution in [-0.2, 0) is 0 Å². The van der Waals surface area contributed by atoms with Crippen LogP contribution < -0.4 is 5.14 Å². The van der Waals surface area contributed by atoms with Crippen molar-refractivity contribution >= 4 is 25.4 Å². The minimum absolute atomic E-state index is 0. The van der Waals surface area contributed by atoms with E-state index in [0.29, 0.717) is 0 Å². The first-order chi connectivity index (χ1) is 2.91. The summed E-state index contributed by atoms with van der Waals surface area (Å²) in [5.41, 5.74) is 0. The average molecular weight is 139 g/mol. The lowest BCUT2D eigenvalue weighted by molar-refractivity contribution is 0.896. The molecule has 0 aliphatic heterocycles. The minimum atomic E-state index is 0. The Labute approximate surface area is 56.6 Å². The second-order valence-corrected chi connectivity index (χ2v) is 1.97. The summed E-state index contributed by atoms with van der Waals surface area (Å²) in [6.07, 6.45) is 2.51. The van der Waals surface area contributed by atoms with Gasteiger partial charge in [0.2, 0.25) is 0 Å². The second kappa shape index (κ2) is 9.83. The molecule has 0 rings (SSSR count). The van der Waals surface area contributed by atoms with E-state index >= 15 is 0 Å². The van der Waals surface area contributed by atoms with Crippen LogP contribution in [0.2, 0.25) is 0 Å². The third-order valence-electron chi connectivity index (χ3n) is 0.616. The molecular formula is C4H13NS2. The zero-order chi connectivity index (χ0) is 4.83. The summed E-state index contributed by atoms with van der Waals surface area (Å²) < 4.78 is 0. The highest BCUT2D eigenvalue weighted by Crippen LogP contribution is 1.92. The maximum absolute atomic E-state index is 5.13. The first-order valence-corrected chi connectivity index (χ1v) is 3.28. The molecule has 0 fully saturated rings. The fraction of sp³-hybridized carbons (Fsp3) is 1.00. The Morgan fingerprint density at radius 3 is 2.29 bits per heavy atom. The van der Waals surface area contributed by atoms with Crippen LogP contribution >= 0.6 is 25.4 Å². The molecule has 0 aliphatic carbocycles. The highest BCUT2D eigenvalue weighted by atomic mass is 32.2. The van der Waals surface area contributed by atoms with Crippen molar-refractivity contribution in [3.05, 3.63) is 0 Å². The van der Waals surface area contributed by atoms with E-state index in [1.54, 1.807) is 0 Å². The van der Waals surface area contributed by atoms with Crippen molar-refractivity contribution in [1.29, 1.82) is 0 Å². The fourth-order valence-corrected chi connectivity index (χ4v) is 0.683. The predicted molar refractivity (Wildman–Crippen MR) is 41.9 cm³/mol. The Balaban J connectivity index is 0. The molecular weight excluding hydrogens is 126 g/mol. The zero-order valence-corrected chi connectivity index (χ0v) is 6.42. The van der Waals surface area contributed by atoms with E-state index in [2.05, 4.69) is 6.92 Å². The van der Waals surface area contributed by atoms with Crippen LogP contribution in [0.1, 0.15) is 19.8 Å². The lowest BCUT2D eigenvalue weighted by Gasteiger charge is -1.86. The summed E-state index contributed by atoms with van der Waals surface area (Å²) in [6.45, 7) is 2.16. The molecule has 0 aromatic heterocycles. The normalized spacial score (nSPS) is 7.71. The van der Waals surface area contributed by atoms with Crippen LogP contribution in [-0.4, -0.2) is 5.75 Å². The minimum Gasteiger partial charge on any atom is -0.278 e. The topological polar surface area (TPSA) is 26.0 Å². The van der Waals surface area contributed by atoms with E-state index in [1.165, 1.54) is 24.8 Å². The van der Waals surface area contributed by atoms with Gasteiger partial charge in [-0.2, -0.15) is 13.5 Å². The molecule has 46 valence electrons. The quantitative estimate of drug-likeness (QED) is 0.474. The molecule has 0 bridgehead atoms. The zero-order valence-electron chi connectivity index (χ0n) is 4.61. The van der Waals surface area contributed by atoms with Crippen LogP contribution in [0.4, 0.5) is 0 Å². The van der Waals surface area contributed by atoms with Gasteiger partial charge in [0, 0.05) is 5.75 Å². The maximum atomic E-state index is 5.13. The van der Waals surface area contributed by atoms with Gasteiger partial charge in [-0.05, 0) is 6.42 Å². The summed E-state index contributed by atoms with van der Waals surface area (Å²) in [5.74, 6) is 1.11. The van der Waals surface area contributed by atoms with Crippen molar-refractivity contribution in [3.63, 3.8) is 0 Å². The van der Waals surface area contributed by atoms with Gasteiger partial charge < -0.3 is 0 Å². The van der Waals surface area contributed by atoms with E-state index in [-0.39, 0.29) is 13.5 Å². The largest absolute Gasteiger partial charge is 0.278 e. The van der Waals surface area contributed by atoms with Crippen LogP contribution in [0.5, 0.6) is 0 Å². The number of hydrogen-bond donors (Lipinski definition) is 1. The van der Waals surface area contributed by atoms with E-state index in [9.17, 15) is 0 Å². The van der Waals surface area contributed by atoms with Gasteiger partial charge in [0.15, 0.2) is 0 Å². The lowest BCUT2D eigenvalue weighted by Crippen LogP contribution is -1.82. The Kier molecular flexibility index (Phi) is 14.9. The molecule has 0 unspecified atom stereocenters. The van der Waals surface area contributed by atoms with E-state index in [1.807, 2.05) is 0 Å². The molecule has 3 heteroatoms. The molecule has 0 saturated carbocycles. The highest BCUT2D eigenvalue weighted by molar-refractivity contribution is 7.97. The van der Waals surface area contributed by atoms with Crippen molar-refractivity contribution in [2.45, 2.75) is 19.8 Å². The van der Waals surface area contributed by atoms with Gasteiger partial charge in [-0.1, -0.05) is 25.3 Å². The molecule has 0 radical (unpaired) electrons. The van der Waals surface area contributed by atoms with Crippen molar-refractivity contribution in [3.8, 4) is 0 Å². The number of rotatable bonds is 3. The summed E-state index contributed by atoms with van der Waals surface area (Å²) >= 11 is 1.43. The molecule has 0 atom stereocenters. The Morgan fingerprint density at radius 2 is 2.14 bits per heavy atom. The van der Waals surface area contributed by atoms with Gasteiger partial charge in [-0.3, -0.25) is 5.14 Å². The Bertz CT molecular complexity index is 21.7. The van der Waals surface area contributed by atoms with E-state index < -0.39 is 0 Å². The third kappa shape index (κ3) is 10.8. The van der Waals surface area contributed by atoms with Crippen molar-refractivity contribution < 1.29 is 0 Å².